The van der Waals surface area contributed by atoms with Gasteiger partial charge in [0, 0.05) is 19.1 Å². The minimum atomic E-state index is -0.543. The number of carbonyl (C=O) groups is 1. The number of piperidine rings is 1. The normalized spacial score (nSPS) is 18.4. The molecule has 0 aromatic heterocycles. The first-order valence-electron chi connectivity index (χ1n) is 7.64. The van der Waals surface area contributed by atoms with Gasteiger partial charge in [-0.15, -0.1) is 0 Å². The zero-order valence-electron chi connectivity index (χ0n) is 12.6. The van der Waals surface area contributed by atoms with Gasteiger partial charge in [-0.1, -0.05) is 19.1 Å². The Morgan fingerprint density at radius 1 is 1.38 bits per heavy atom. The quantitative estimate of drug-likeness (QED) is 0.752. The van der Waals surface area contributed by atoms with Crippen molar-refractivity contribution in [2.24, 2.45) is 5.73 Å². The van der Waals surface area contributed by atoms with Gasteiger partial charge < -0.3 is 21.1 Å². The van der Waals surface area contributed by atoms with Crippen LogP contribution in [0.4, 0.5) is 0 Å². The first-order chi connectivity index (χ1) is 10.1. The number of carbonyl (C=O) groups excluding carboxylic acids is 1. The maximum Gasteiger partial charge on any atom is 0.237 e. The molecular weight excluding hydrogens is 266 g/mol. The van der Waals surface area contributed by atoms with E-state index >= 15 is 0 Å². The summed E-state index contributed by atoms with van der Waals surface area (Å²) in [6.07, 6.45) is 2.47. The fourth-order valence-corrected chi connectivity index (χ4v) is 2.68. The number of phenolic OH excluding ortho intramolecular Hbond substituents is 1. The van der Waals surface area contributed by atoms with Crippen molar-refractivity contribution in [3.05, 3.63) is 29.8 Å². The molecule has 1 aromatic carbocycles. The number of rotatable bonds is 5. The third kappa shape index (κ3) is 4.72. The first-order valence-corrected chi connectivity index (χ1v) is 7.64. The van der Waals surface area contributed by atoms with Crippen LogP contribution in [-0.4, -0.2) is 47.6 Å². The van der Waals surface area contributed by atoms with E-state index in [0.717, 1.165) is 38.0 Å². The molecule has 1 aliphatic heterocycles. The number of nitrogens with two attached hydrogens (primary N) is 1. The maximum atomic E-state index is 12.1. The van der Waals surface area contributed by atoms with E-state index in [4.69, 9.17) is 5.73 Å². The van der Waals surface area contributed by atoms with Gasteiger partial charge in [0.25, 0.3) is 0 Å². The number of likely N-dealkylation sites (tertiary alicyclic amines) is 1. The summed E-state index contributed by atoms with van der Waals surface area (Å²) >= 11 is 0. The smallest absolute Gasteiger partial charge is 0.237 e. The summed E-state index contributed by atoms with van der Waals surface area (Å²) in [5.41, 5.74) is 6.93. The molecule has 21 heavy (non-hydrogen) atoms. The molecule has 2 rings (SSSR count). The van der Waals surface area contributed by atoms with Crippen molar-refractivity contribution in [1.29, 1.82) is 0 Å². The van der Waals surface area contributed by atoms with E-state index in [9.17, 15) is 9.90 Å². The number of nitrogens with zero attached hydrogens (tertiary/aromatic N) is 1. The van der Waals surface area contributed by atoms with Gasteiger partial charge >= 0.3 is 0 Å². The first kappa shape index (κ1) is 15.8. The van der Waals surface area contributed by atoms with E-state index in [-0.39, 0.29) is 17.7 Å². The van der Waals surface area contributed by atoms with Crippen LogP contribution in [0.25, 0.3) is 0 Å². The monoisotopic (exact) mass is 291 g/mol. The van der Waals surface area contributed by atoms with E-state index in [1.54, 1.807) is 24.3 Å². The van der Waals surface area contributed by atoms with E-state index in [0.29, 0.717) is 6.42 Å². The highest BCUT2D eigenvalue weighted by Crippen LogP contribution is 2.12. The van der Waals surface area contributed by atoms with Gasteiger partial charge in [0.2, 0.25) is 5.91 Å². The summed E-state index contributed by atoms with van der Waals surface area (Å²) in [6.45, 7) is 5.30. The highest BCUT2D eigenvalue weighted by Gasteiger charge is 2.22. The van der Waals surface area contributed by atoms with Gasteiger partial charge in [-0.2, -0.15) is 0 Å². The largest absolute Gasteiger partial charge is 0.508 e. The fraction of sp³-hybridized carbons (Fsp3) is 0.562. The van der Waals surface area contributed by atoms with Crippen molar-refractivity contribution in [2.45, 2.75) is 38.3 Å². The highest BCUT2D eigenvalue weighted by molar-refractivity contribution is 5.82. The lowest BCUT2D eigenvalue weighted by Gasteiger charge is -2.32. The Hall–Kier alpha value is -1.59. The van der Waals surface area contributed by atoms with E-state index in [1.807, 2.05) is 0 Å². The number of phenols is 1. The molecule has 5 heteroatoms. The highest BCUT2D eigenvalue weighted by atomic mass is 16.3. The Labute approximate surface area is 126 Å². The molecule has 1 fully saturated rings. The average Bonchev–Trinajstić information content (AvgIpc) is 2.50. The van der Waals surface area contributed by atoms with Crippen LogP contribution in [0, 0.1) is 0 Å². The van der Waals surface area contributed by atoms with Crippen LogP contribution in [0.15, 0.2) is 24.3 Å². The van der Waals surface area contributed by atoms with Crippen LogP contribution in [-0.2, 0) is 11.2 Å². The molecular formula is C16H25N3O2. The lowest BCUT2D eigenvalue weighted by molar-refractivity contribution is -0.123. The Kier molecular flexibility index (Phi) is 5.59. The molecule has 1 aromatic rings. The zero-order chi connectivity index (χ0) is 15.2. The van der Waals surface area contributed by atoms with Gasteiger partial charge in [-0.3, -0.25) is 4.79 Å². The third-order valence-electron chi connectivity index (χ3n) is 4.11. The second-order valence-electron chi connectivity index (χ2n) is 5.69. The van der Waals surface area contributed by atoms with Gasteiger partial charge in [-0.25, -0.2) is 0 Å². The third-order valence-corrected chi connectivity index (χ3v) is 4.11. The zero-order valence-corrected chi connectivity index (χ0v) is 12.6. The molecule has 5 nitrogen and oxygen atoms in total. The summed E-state index contributed by atoms with van der Waals surface area (Å²) < 4.78 is 0. The predicted octanol–water partition coefficient (Wildman–Crippen LogP) is 0.863. The number of aromatic hydroxyl groups is 1. The Balaban J connectivity index is 1.78. The van der Waals surface area contributed by atoms with Crippen molar-refractivity contribution < 1.29 is 9.90 Å². The summed E-state index contributed by atoms with van der Waals surface area (Å²) in [4.78, 5) is 14.5. The molecule has 0 unspecified atom stereocenters. The van der Waals surface area contributed by atoms with E-state index in [1.165, 1.54) is 0 Å². The minimum Gasteiger partial charge on any atom is -0.508 e. The summed E-state index contributed by atoms with van der Waals surface area (Å²) in [5.74, 6) is 0.137. The lowest BCUT2D eigenvalue weighted by atomic mass is 10.0. The molecule has 1 atom stereocenters. The number of nitrogens with one attached hydrogen (secondary N) is 1. The second kappa shape index (κ2) is 7.43. The van der Waals surface area contributed by atoms with Crippen molar-refractivity contribution >= 4 is 5.91 Å². The van der Waals surface area contributed by atoms with Crippen LogP contribution in [0.2, 0.25) is 0 Å². The minimum absolute atomic E-state index is 0.0852. The molecule has 1 aliphatic rings. The molecule has 0 spiro atoms. The van der Waals surface area contributed by atoms with Crippen LogP contribution < -0.4 is 11.1 Å². The Morgan fingerprint density at radius 2 is 2.00 bits per heavy atom. The standard InChI is InChI=1S/C16H25N3O2/c1-2-19-9-7-13(8-10-19)18-16(21)15(17)11-12-3-5-14(20)6-4-12/h3-6,13,15,20H,2,7-11,17H2,1H3,(H,18,21)/t15-/m1/s1. The maximum absolute atomic E-state index is 12.1. The Bertz CT molecular complexity index is 453. The number of benzene rings is 1. The molecule has 0 bridgehead atoms. The van der Waals surface area contributed by atoms with Crippen LogP contribution in [0.3, 0.4) is 0 Å². The predicted molar refractivity (Wildman–Crippen MR) is 83.1 cm³/mol. The number of hydrogen-bond acceptors (Lipinski definition) is 4. The average molecular weight is 291 g/mol. The van der Waals surface area contributed by atoms with Crippen LogP contribution in [0.1, 0.15) is 25.3 Å². The van der Waals surface area contributed by atoms with Crippen LogP contribution >= 0.6 is 0 Å². The molecule has 1 amide bonds. The Morgan fingerprint density at radius 3 is 2.57 bits per heavy atom. The number of amides is 1. The fourth-order valence-electron chi connectivity index (χ4n) is 2.68. The molecule has 1 saturated heterocycles. The van der Waals surface area contributed by atoms with Crippen molar-refractivity contribution in [2.75, 3.05) is 19.6 Å². The molecule has 0 saturated carbocycles. The van der Waals surface area contributed by atoms with Gasteiger partial charge in [0.1, 0.15) is 5.75 Å². The van der Waals surface area contributed by atoms with Crippen molar-refractivity contribution in [1.82, 2.24) is 10.2 Å². The van der Waals surface area contributed by atoms with Gasteiger partial charge in [0.05, 0.1) is 6.04 Å². The summed E-state index contributed by atoms with van der Waals surface area (Å²) in [6, 6.07) is 6.51. The topological polar surface area (TPSA) is 78.6 Å². The lowest BCUT2D eigenvalue weighted by Crippen LogP contribution is -2.50. The van der Waals surface area contributed by atoms with Crippen LogP contribution in [0.5, 0.6) is 5.75 Å². The number of hydrogen-bond donors (Lipinski definition) is 3. The van der Waals surface area contributed by atoms with E-state index < -0.39 is 6.04 Å². The second-order valence-corrected chi connectivity index (χ2v) is 5.69. The van der Waals surface area contributed by atoms with Crippen molar-refractivity contribution in [3.8, 4) is 5.75 Å². The molecule has 1 heterocycles. The molecule has 4 N–H and O–H groups in total. The van der Waals surface area contributed by atoms with E-state index in [2.05, 4.69) is 17.1 Å². The van der Waals surface area contributed by atoms with Gasteiger partial charge in [-0.05, 0) is 43.5 Å². The molecule has 0 radical (unpaired) electrons. The molecule has 0 aliphatic carbocycles. The van der Waals surface area contributed by atoms with Crippen molar-refractivity contribution in [3.63, 3.8) is 0 Å². The SMILES string of the molecule is CCN1CCC(NC(=O)[C@H](N)Cc2ccc(O)cc2)CC1. The summed E-state index contributed by atoms with van der Waals surface area (Å²) in [7, 11) is 0. The summed E-state index contributed by atoms with van der Waals surface area (Å²) in [5, 5.41) is 12.3. The van der Waals surface area contributed by atoms with Gasteiger partial charge in [0.15, 0.2) is 0 Å². The molecule has 116 valence electrons.